The van der Waals surface area contributed by atoms with Crippen molar-refractivity contribution in [2.45, 2.75) is 6.92 Å². The second-order valence-corrected chi connectivity index (χ2v) is 8.54. The van der Waals surface area contributed by atoms with Crippen molar-refractivity contribution in [2.75, 3.05) is 31.2 Å². The fraction of sp³-hybridized carbons (Fsp3) is 0.238. The van der Waals surface area contributed by atoms with Gasteiger partial charge in [0, 0.05) is 23.2 Å². The highest BCUT2D eigenvalue weighted by Crippen LogP contribution is 2.30. The van der Waals surface area contributed by atoms with Crippen molar-refractivity contribution in [3.8, 4) is 0 Å². The Labute approximate surface area is 177 Å². The summed E-state index contributed by atoms with van der Waals surface area (Å²) >= 11 is 4.78. The number of aryl methyl sites for hydroxylation is 1. The average Bonchev–Trinajstić information content (AvgIpc) is 3.05. The van der Waals surface area contributed by atoms with E-state index in [9.17, 15) is 4.79 Å². The van der Waals surface area contributed by atoms with Gasteiger partial charge in [-0.25, -0.2) is 4.99 Å². The number of halogens is 1. The molecule has 0 aromatic heterocycles. The van der Waals surface area contributed by atoms with Gasteiger partial charge in [-0.05, 0) is 72.3 Å². The van der Waals surface area contributed by atoms with Gasteiger partial charge in [0.1, 0.15) is 0 Å². The van der Waals surface area contributed by atoms with Crippen LogP contribution in [-0.4, -0.2) is 37.4 Å². The lowest BCUT2D eigenvalue weighted by Gasteiger charge is -2.29. The van der Waals surface area contributed by atoms with Crippen LogP contribution >= 0.6 is 27.7 Å². The van der Waals surface area contributed by atoms with Crippen LogP contribution in [0.4, 0.5) is 11.4 Å². The number of amidine groups is 1. The molecule has 1 amide bonds. The van der Waals surface area contributed by atoms with Gasteiger partial charge in [-0.1, -0.05) is 22.0 Å². The summed E-state index contributed by atoms with van der Waals surface area (Å²) in [6.07, 6.45) is 1.93. The minimum Gasteiger partial charge on any atom is -0.378 e. The molecule has 2 heterocycles. The van der Waals surface area contributed by atoms with E-state index in [1.165, 1.54) is 17.4 Å². The Morgan fingerprint density at radius 3 is 2.64 bits per heavy atom. The number of thioether (sulfide) groups is 1. The van der Waals surface area contributed by atoms with Crippen LogP contribution in [0.25, 0.3) is 6.08 Å². The van der Waals surface area contributed by atoms with E-state index in [-0.39, 0.29) is 5.91 Å². The fourth-order valence-corrected chi connectivity index (χ4v) is 4.19. The van der Waals surface area contributed by atoms with Crippen LogP contribution in [0.2, 0.25) is 0 Å². The summed E-state index contributed by atoms with van der Waals surface area (Å²) in [7, 11) is 0. The van der Waals surface area contributed by atoms with Gasteiger partial charge < -0.3 is 15.0 Å². The molecule has 2 aromatic rings. The predicted molar refractivity (Wildman–Crippen MR) is 119 cm³/mol. The zero-order chi connectivity index (χ0) is 19.5. The van der Waals surface area contributed by atoms with Gasteiger partial charge in [-0.3, -0.25) is 4.79 Å². The van der Waals surface area contributed by atoms with Crippen LogP contribution in [0, 0.1) is 6.92 Å². The van der Waals surface area contributed by atoms with E-state index in [4.69, 9.17) is 4.74 Å². The van der Waals surface area contributed by atoms with Crippen molar-refractivity contribution >= 4 is 56.2 Å². The number of hydrogen-bond donors (Lipinski definition) is 1. The Balaban J connectivity index is 1.52. The van der Waals surface area contributed by atoms with Crippen molar-refractivity contribution in [3.05, 3.63) is 63.0 Å². The predicted octanol–water partition coefficient (Wildman–Crippen LogP) is 4.49. The number of anilines is 1. The third-order valence-electron chi connectivity index (χ3n) is 4.62. The van der Waals surface area contributed by atoms with Crippen LogP contribution in [0.3, 0.4) is 0 Å². The van der Waals surface area contributed by atoms with Gasteiger partial charge in [0.15, 0.2) is 5.17 Å². The van der Waals surface area contributed by atoms with Crippen LogP contribution in [0.5, 0.6) is 0 Å². The van der Waals surface area contributed by atoms with Crippen LogP contribution in [0.1, 0.15) is 11.1 Å². The van der Waals surface area contributed by atoms with Gasteiger partial charge in [0.05, 0.1) is 23.8 Å². The molecule has 2 aromatic carbocycles. The third kappa shape index (κ3) is 4.48. The Morgan fingerprint density at radius 2 is 1.93 bits per heavy atom. The first-order valence-corrected chi connectivity index (χ1v) is 10.7. The lowest BCUT2D eigenvalue weighted by atomic mass is 10.1. The minimum atomic E-state index is -0.113. The van der Waals surface area contributed by atoms with E-state index >= 15 is 0 Å². The van der Waals surface area contributed by atoms with E-state index in [0.717, 1.165) is 47.6 Å². The van der Waals surface area contributed by atoms with E-state index in [0.29, 0.717) is 10.1 Å². The van der Waals surface area contributed by atoms with Crippen molar-refractivity contribution in [1.29, 1.82) is 0 Å². The van der Waals surface area contributed by atoms with Crippen molar-refractivity contribution in [1.82, 2.24) is 5.32 Å². The molecule has 0 bridgehead atoms. The number of nitrogens with zero attached hydrogens (tertiary/aromatic N) is 2. The molecule has 0 aliphatic carbocycles. The van der Waals surface area contributed by atoms with Gasteiger partial charge in [-0.2, -0.15) is 0 Å². The molecule has 0 unspecified atom stereocenters. The summed E-state index contributed by atoms with van der Waals surface area (Å²) in [5.41, 5.74) is 4.19. The van der Waals surface area contributed by atoms with Crippen LogP contribution in [-0.2, 0) is 9.53 Å². The maximum Gasteiger partial charge on any atom is 0.264 e. The molecule has 28 heavy (non-hydrogen) atoms. The molecule has 2 aliphatic heterocycles. The molecule has 2 aliphatic rings. The molecule has 0 atom stereocenters. The van der Waals surface area contributed by atoms with Gasteiger partial charge >= 0.3 is 0 Å². The molecule has 2 fully saturated rings. The molecule has 0 spiro atoms. The second-order valence-electron chi connectivity index (χ2n) is 6.60. The number of ether oxygens (including phenoxy) is 1. The molecule has 4 rings (SSSR count). The molecule has 7 heteroatoms. The summed E-state index contributed by atoms with van der Waals surface area (Å²) in [6, 6.07) is 14.0. The summed E-state index contributed by atoms with van der Waals surface area (Å²) in [5, 5.41) is 3.44. The zero-order valence-electron chi connectivity index (χ0n) is 15.4. The highest BCUT2D eigenvalue weighted by atomic mass is 79.9. The Kier molecular flexibility index (Phi) is 5.85. The van der Waals surface area contributed by atoms with Gasteiger partial charge in [-0.15, -0.1) is 0 Å². The summed E-state index contributed by atoms with van der Waals surface area (Å²) in [6.45, 7) is 5.43. The molecule has 144 valence electrons. The number of carbonyl (C=O) groups is 1. The number of carbonyl (C=O) groups excluding carboxylic acids is 1. The van der Waals surface area contributed by atoms with E-state index in [1.54, 1.807) is 0 Å². The maximum atomic E-state index is 12.3. The lowest BCUT2D eigenvalue weighted by molar-refractivity contribution is -0.115. The SMILES string of the molecule is Cc1cc(N2CCOCC2)ccc1/C=C1\SC(=Nc2ccc(Br)cc2)NC1=O. The second kappa shape index (κ2) is 8.51. The molecule has 5 nitrogen and oxygen atoms in total. The van der Waals surface area contributed by atoms with Crippen LogP contribution < -0.4 is 10.2 Å². The maximum absolute atomic E-state index is 12.3. The Morgan fingerprint density at radius 1 is 1.18 bits per heavy atom. The lowest BCUT2D eigenvalue weighted by Crippen LogP contribution is -2.36. The molecule has 0 saturated carbocycles. The smallest absolute Gasteiger partial charge is 0.264 e. The number of aliphatic imine (C=N–C) groups is 1. The minimum absolute atomic E-state index is 0.113. The monoisotopic (exact) mass is 457 g/mol. The number of amides is 1. The number of nitrogens with one attached hydrogen (secondary N) is 1. The number of benzene rings is 2. The quantitative estimate of drug-likeness (QED) is 0.689. The standard InChI is InChI=1S/C21H20BrN3O2S/c1-14-12-18(25-8-10-27-11-9-25)7-2-15(14)13-19-20(26)24-21(28-19)23-17-5-3-16(22)4-6-17/h2-7,12-13H,8-11H2,1H3,(H,23,24,26)/b19-13-. The van der Waals surface area contributed by atoms with Gasteiger partial charge in [0.2, 0.25) is 0 Å². The molecular formula is C21H20BrN3O2S. The summed E-state index contributed by atoms with van der Waals surface area (Å²) in [4.78, 5) is 19.8. The molecule has 0 radical (unpaired) electrons. The molecular weight excluding hydrogens is 438 g/mol. The highest BCUT2D eigenvalue weighted by molar-refractivity contribution is 9.10. The Hall–Kier alpha value is -2.09. The third-order valence-corrected chi connectivity index (χ3v) is 6.06. The van der Waals surface area contributed by atoms with E-state index in [1.807, 2.05) is 30.3 Å². The zero-order valence-corrected chi connectivity index (χ0v) is 17.8. The van der Waals surface area contributed by atoms with Crippen molar-refractivity contribution in [3.63, 3.8) is 0 Å². The molecule has 2 saturated heterocycles. The van der Waals surface area contributed by atoms with Gasteiger partial charge in [0.25, 0.3) is 5.91 Å². The number of morpholine rings is 1. The number of hydrogen-bond acceptors (Lipinski definition) is 5. The summed E-state index contributed by atoms with van der Waals surface area (Å²) in [5.74, 6) is -0.113. The first-order chi connectivity index (χ1) is 13.6. The van der Waals surface area contributed by atoms with Crippen molar-refractivity contribution in [2.24, 2.45) is 4.99 Å². The Bertz CT molecular complexity index is 951. The number of rotatable bonds is 3. The van der Waals surface area contributed by atoms with E-state index < -0.39 is 0 Å². The largest absolute Gasteiger partial charge is 0.378 e. The summed E-state index contributed by atoms with van der Waals surface area (Å²) < 4.78 is 6.42. The first kappa shape index (κ1) is 19.2. The topological polar surface area (TPSA) is 53.9 Å². The van der Waals surface area contributed by atoms with E-state index in [2.05, 4.69) is 56.3 Å². The fourth-order valence-electron chi connectivity index (χ4n) is 3.09. The van der Waals surface area contributed by atoms with Crippen LogP contribution in [0.15, 0.2) is 56.8 Å². The molecule has 1 N–H and O–H groups in total. The normalized spacial score (nSPS) is 20.1. The highest BCUT2D eigenvalue weighted by Gasteiger charge is 2.24. The average molecular weight is 458 g/mol. The van der Waals surface area contributed by atoms with Crippen molar-refractivity contribution < 1.29 is 9.53 Å². The first-order valence-electron chi connectivity index (χ1n) is 9.07.